The molecule has 0 fully saturated rings. The molecule has 1 aromatic rings. The molecule has 0 N–H and O–H groups in total. The van der Waals surface area contributed by atoms with Crippen molar-refractivity contribution >= 4 is 16.1 Å². The predicted molar refractivity (Wildman–Crippen MR) is 98.1 cm³/mol. The molecule has 0 bridgehead atoms. The fraction of sp³-hybridized carbons (Fsp3) is 0.556. The average molecular weight is 303 g/mol. The first-order chi connectivity index (χ1) is 9.09. The summed E-state index contributed by atoms with van der Waals surface area (Å²) < 4.78 is 0. The van der Waals surface area contributed by atoms with Gasteiger partial charge in [0.25, 0.3) is 0 Å². The highest BCUT2D eigenvalue weighted by atomic mass is 28.3. The topological polar surface area (TPSA) is 0 Å². The highest BCUT2D eigenvalue weighted by Crippen LogP contribution is 2.19. The Kier molecular flexibility index (Phi) is 5.85. The minimum absolute atomic E-state index is 0.978. The maximum atomic E-state index is 5.62. The van der Waals surface area contributed by atoms with E-state index in [1.54, 1.807) is 0 Å². The van der Waals surface area contributed by atoms with E-state index in [2.05, 4.69) is 63.4 Å². The van der Waals surface area contributed by atoms with E-state index >= 15 is 0 Å². The third kappa shape index (κ3) is 7.12. The molecule has 1 rings (SSSR count). The maximum absolute atomic E-state index is 5.62. The number of aryl methyl sites for hydroxylation is 2. The molecule has 110 valence electrons. The van der Waals surface area contributed by atoms with E-state index in [9.17, 15) is 0 Å². The van der Waals surface area contributed by atoms with E-state index in [1.165, 1.54) is 36.1 Å². The molecule has 0 aliphatic carbocycles. The number of benzene rings is 1. The van der Waals surface area contributed by atoms with Crippen LogP contribution in [-0.2, 0) is 12.8 Å². The minimum atomic E-state index is -0.978. The van der Waals surface area contributed by atoms with Crippen molar-refractivity contribution in [2.45, 2.75) is 64.2 Å². The Morgan fingerprint density at radius 3 is 1.50 bits per heavy atom. The Bertz CT molecular complexity index is 445. The molecule has 0 atom stereocenters. The second kappa shape index (κ2) is 6.78. The van der Waals surface area contributed by atoms with E-state index in [0.29, 0.717) is 0 Å². The Morgan fingerprint density at radius 2 is 1.20 bits per heavy atom. The molecule has 0 saturated carbocycles. The molecule has 2 heteroatoms. The van der Waals surface area contributed by atoms with Crippen LogP contribution < -0.4 is 0 Å². The maximum Gasteiger partial charge on any atom is 0.0445 e. The third-order valence-corrected chi connectivity index (χ3v) is 7.05. The molecular weight excluding hydrogens is 272 g/mol. The monoisotopic (exact) mass is 302 g/mol. The summed E-state index contributed by atoms with van der Waals surface area (Å²) in [4.78, 5) is 0. The molecule has 0 spiro atoms. The van der Waals surface area contributed by atoms with Crippen LogP contribution in [0.4, 0.5) is 0 Å². The molecule has 0 heterocycles. The van der Waals surface area contributed by atoms with Crippen LogP contribution in [0, 0.1) is 12.3 Å². The quantitative estimate of drug-likeness (QED) is 0.485. The second-order valence-corrected chi connectivity index (χ2v) is 19.5. The molecule has 0 aliphatic rings. The Hall–Kier alpha value is -0.786. The first kappa shape index (κ1) is 17.3. The zero-order valence-electron chi connectivity index (χ0n) is 14.1. The lowest BCUT2D eigenvalue weighted by molar-refractivity contribution is 1.05. The van der Waals surface area contributed by atoms with Crippen molar-refractivity contribution in [2.24, 2.45) is 0 Å². The van der Waals surface area contributed by atoms with Gasteiger partial charge in [-0.1, -0.05) is 63.4 Å². The smallest absolute Gasteiger partial charge is 0.0445 e. The summed E-state index contributed by atoms with van der Waals surface area (Å²) in [5.74, 6) is 2.82. The third-order valence-electron chi connectivity index (χ3n) is 3.55. The molecule has 0 amide bonds. The van der Waals surface area contributed by atoms with E-state index < -0.39 is 16.1 Å². The standard InChI is InChI=1S/C18H30Si2/c1-8-16-13-17(9-11-19(2,3)4)15-18(14-16)10-12-20(5,6)7/h1,13-15H,9-12H2,2-7H3. The van der Waals surface area contributed by atoms with Crippen LogP contribution in [-0.4, -0.2) is 16.1 Å². The predicted octanol–water partition coefficient (Wildman–Crippen LogP) is 5.43. The van der Waals surface area contributed by atoms with Crippen LogP contribution in [0.1, 0.15) is 16.7 Å². The van der Waals surface area contributed by atoms with Crippen molar-refractivity contribution in [3.05, 3.63) is 34.9 Å². The van der Waals surface area contributed by atoms with Gasteiger partial charge in [-0.3, -0.25) is 0 Å². The Labute approximate surface area is 128 Å². The van der Waals surface area contributed by atoms with Crippen molar-refractivity contribution in [3.8, 4) is 12.3 Å². The van der Waals surface area contributed by atoms with E-state index in [-0.39, 0.29) is 0 Å². The molecule has 0 saturated heterocycles. The van der Waals surface area contributed by atoms with Gasteiger partial charge in [0.2, 0.25) is 0 Å². The summed E-state index contributed by atoms with van der Waals surface area (Å²) in [5.41, 5.74) is 3.94. The lowest BCUT2D eigenvalue weighted by Crippen LogP contribution is -2.20. The van der Waals surface area contributed by atoms with Gasteiger partial charge in [0, 0.05) is 21.7 Å². The van der Waals surface area contributed by atoms with Crippen LogP contribution >= 0.6 is 0 Å². The van der Waals surface area contributed by atoms with Crippen LogP contribution in [0.3, 0.4) is 0 Å². The van der Waals surface area contributed by atoms with Crippen molar-refractivity contribution in [1.29, 1.82) is 0 Å². The van der Waals surface area contributed by atoms with Crippen molar-refractivity contribution < 1.29 is 0 Å². The molecule has 0 radical (unpaired) electrons. The lowest BCUT2D eigenvalue weighted by atomic mass is 10.0. The van der Waals surface area contributed by atoms with Crippen LogP contribution in [0.15, 0.2) is 18.2 Å². The highest BCUT2D eigenvalue weighted by molar-refractivity contribution is 6.76. The van der Waals surface area contributed by atoms with Crippen LogP contribution in [0.25, 0.3) is 0 Å². The lowest BCUT2D eigenvalue weighted by Gasteiger charge is -2.18. The normalized spacial score (nSPS) is 12.2. The molecule has 0 aliphatic heterocycles. The van der Waals surface area contributed by atoms with Gasteiger partial charge >= 0.3 is 0 Å². The van der Waals surface area contributed by atoms with Gasteiger partial charge in [0.1, 0.15) is 0 Å². The molecule has 0 nitrogen and oxygen atoms in total. The van der Waals surface area contributed by atoms with Gasteiger partial charge in [-0.05, 0) is 36.1 Å². The fourth-order valence-corrected chi connectivity index (χ4v) is 4.25. The number of hydrogen-bond acceptors (Lipinski definition) is 0. The molecular formula is C18H30Si2. The average Bonchev–Trinajstić information content (AvgIpc) is 2.32. The Morgan fingerprint density at radius 1 is 0.800 bits per heavy atom. The SMILES string of the molecule is C#Cc1cc(CC[Si](C)(C)C)cc(CC[Si](C)(C)C)c1. The van der Waals surface area contributed by atoms with Crippen LogP contribution in [0.5, 0.6) is 0 Å². The zero-order valence-corrected chi connectivity index (χ0v) is 16.1. The summed E-state index contributed by atoms with van der Waals surface area (Å²) in [5, 5.41) is 0. The molecule has 20 heavy (non-hydrogen) atoms. The van der Waals surface area contributed by atoms with Gasteiger partial charge in [-0.25, -0.2) is 0 Å². The second-order valence-electron chi connectivity index (χ2n) is 8.30. The van der Waals surface area contributed by atoms with Crippen molar-refractivity contribution in [1.82, 2.24) is 0 Å². The van der Waals surface area contributed by atoms with Gasteiger partial charge in [-0.15, -0.1) is 6.42 Å². The van der Waals surface area contributed by atoms with E-state index in [1.807, 2.05) is 0 Å². The van der Waals surface area contributed by atoms with E-state index in [4.69, 9.17) is 6.42 Å². The number of rotatable bonds is 6. The summed E-state index contributed by atoms with van der Waals surface area (Å²) in [6.07, 6.45) is 7.99. The number of hydrogen-bond donors (Lipinski definition) is 0. The van der Waals surface area contributed by atoms with Gasteiger partial charge in [0.05, 0.1) is 0 Å². The Balaban J connectivity index is 2.83. The largest absolute Gasteiger partial charge is 0.115 e. The first-order valence-corrected chi connectivity index (χ1v) is 15.1. The van der Waals surface area contributed by atoms with Gasteiger partial charge in [-0.2, -0.15) is 0 Å². The van der Waals surface area contributed by atoms with Gasteiger partial charge < -0.3 is 0 Å². The van der Waals surface area contributed by atoms with E-state index in [0.717, 1.165) is 5.56 Å². The molecule has 1 aromatic carbocycles. The first-order valence-electron chi connectivity index (χ1n) is 7.68. The molecule has 0 unspecified atom stereocenters. The summed E-state index contributed by atoms with van der Waals surface area (Å²) in [6.45, 7) is 14.6. The summed E-state index contributed by atoms with van der Waals surface area (Å²) >= 11 is 0. The van der Waals surface area contributed by atoms with Crippen LogP contribution in [0.2, 0.25) is 51.4 Å². The zero-order chi connectivity index (χ0) is 15.4. The highest BCUT2D eigenvalue weighted by Gasteiger charge is 2.15. The van der Waals surface area contributed by atoms with Crippen molar-refractivity contribution in [3.63, 3.8) is 0 Å². The van der Waals surface area contributed by atoms with Gasteiger partial charge in [0.15, 0.2) is 0 Å². The van der Waals surface area contributed by atoms with Crippen molar-refractivity contribution in [2.75, 3.05) is 0 Å². The molecule has 0 aromatic heterocycles. The fourth-order valence-electron chi connectivity index (χ4n) is 2.17. The number of terminal acetylenes is 1. The summed E-state index contributed by atoms with van der Waals surface area (Å²) in [6, 6.07) is 9.49. The summed E-state index contributed by atoms with van der Waals surface area (Å²) in [7, 11) is -1.96. The minimum Gasteiger partial charge on any atom is -0.115 e.